The number of fused-ring (bicyclic) bond motifs is 2. The molecule has 4 amide bonds. The molecule has 1 N–H and O–H groups in total. The first-order chi connectivity index (χ1) is 32.7. The summed E-state index contributed by atoms with van der Waals surface area (Å²) in [6.07, 6.45) is 11.7. The first kappa shape index (κ1) is 46.6. The summed E-state index contributed by atoms with van der Waals surface area (Å²) in [5.41, 5.74) is 4.39. The van der Waals surface area contributed by atoms with Crippen LogP contribution in [0.2, 0.25) is 0 Å². The normalized spacial score (nSPS) is 16.4. The van der Waals surface area contributed by atoms with Crippen molar-refractivity contribution in [3.05, 3.63) is 150 Å². The molecular weight excluding hydrogens is 850 g/mol. The van der Waals surface area contributed by atoms with Crippen molar-refractivity contribution in [2.75, 3.05) is 13.1 Å². The fourth-order valence-electron chi connectivity index (χ4n) is 9.04. The number of hydrazine groups is 1. The number of carbonyl (C=O) groups is 4. The van der Waals surface area contributed by atoms with Crippen molar-refractivity contribution < 1.29 is 32.8 Å². The van der Waals surface area contributed by atoms with Gasteiger partial charge in [0, 0.05) is 49.1 Å². The number of aromatic nitrogens is 2. The van der Waals surface area contributed by atoms with Crippen LogP contribution < -0.4 is 10.1 Å². The molecule has 67 heavy (non-hydrogen) atoms. The van der Waals surface area contributed by atoms with Gasteiger partial charge in [0.05, 0.1) is 25.2 Å². The maximum absolute atomic E-state index is 14.9. The van der Waals surface area contributed by atoms with Crippen molar-refractivity contribution in [2.24, 2.45) is 0 Å². The molecule has 2 aliphatic heterocycles. The molecule has 2 aromatic heterocycles. The average Bonchev–Trinajstić information content (AvgIpc) is 3.81. The number of carbonyl (C=O) groups excluding carboxylic acids is 4. The molecule has 13 nitrogen and oxygen atoms in total. The van der Waals surface area contributed by atoms with Gasteiger partial charge in [-0.25, -0.2) is 14.2 Å². The van der Waals surface area contributed by atoms with Crippen molar-refractivity contribution in [1.29, 1.82) is 0 Å². The van der Waals surface area contributed by atoms with E-state index in [9.17, 15) is 23.6 Å². The Morgan fingerprint density at radius 3 is 2.31 bits per heavy atom. The van der Waals surface area contributed by atoms with Crippen LogP contribution in [0.5, 0.6) is 5.75 Å². The van der Waals surface area contributed by atoms with Gasteiger partial charge in [-0.3, -0.25) is 19.4 Å². The van der Waals surface area contributed by atoms with Crippen molar-refractivity contribution >= 4 is 34.7 Å². The van der Waals surface area contributed by atoms with E-state index in [0.29, 0.717) is 29.2 Å². The number of nitrogens with one attached hydrogen (secondary N) is 1. The molecule has 8 rings (SSSR count). The number of hydrogen-bond donors (Lipinski definition) is 1. The second kappa shape index (κ2) is 22.5. The van der Waals surface area contributed by atoms with E-state index in [1.165, 1.54) is 55.7 Å². The summed E-state index contributed by atoms with van der Waals surface area (Å²) in [6.45, 7) is 2.40. The van der Waals surface area contributed by atoms with Crippen LogP contribution in [0.1, 0.15) is 93.6 Å². The zero-order valence-electron chi connectivity index (χ0n) is 38.0. The van der Waals surface area contributed by atoms with E-state index in [0.717, 1.165) is 46.9 Å². The van der Waals surface area contributed by atoms with Crippen LogP contribution in [0, 0.1) is 5.82 Å². The summed E-state index contributed by atoms with van der Waals surface area (Å²) in [7, 11) is 0. The van der Waals surface area contributed by atoms with Gasteiger partial charge in [-0.1, -0.05) is 124 Å². The number of halogens is 1. The summed E-state index contributed by atoms with van der Waals surface area (Å²) >= 11 is 0. The van der Waals surface area contributed by atoms with Gasteiger partial charge in [0.15, 0.2) is 5.76 Å². The van der Waals surface area contributed by atoms with Crippen molar-refractivity contribution in [3.63, 3.8) is 0 Å². The number of pyridine rings is 1. The molecule has 2 unspecified atom stereocenters. The van der Waals surface area contributed by atoms with E-state index in [1.807, 2.05) is 72.8 Å². The lowest BCUT2D eigenvalue weighted by Crippen LogP contribution is -2.76. The SMILES string of the molecule is CCCCCCCCCCCC(=O)Oc1ccc(CC2C(=O)N(Cc3cccc4ncccc34)CC3N2C(=O)CN(Cc2cc(-c4ccc(F)cc4)no2)N3C(=O)NCc2ccccc2)cc1. The topological polar surface area (TPSA) is 141 Å². The maximum Gasteiger partial charge on any atom is 0.334 e. The molecule has 4 heterocycles. The zero-order valence-corrected chi connectivity index (χ0v) is 38.0. The molecule has 2 aliphatic rings. The number of benzene rings is 4. The van der Waals surface area contributed by atoms with E-state index in [4.69, 9.17) is 9.26 Å². The quantitative estimate of drug-likeness (QED) is 0.0451. The minimum absolute atomic E-state index is 0.00402. The Labute approximate surface area is 390 Å². The number of urea groups is 1. The van der Waals surface area contributed by atoms with E-state index in [-0.39, 0.29) is 62.7 Å². The Kier molecular flexibility index (Phi) is 15.7. The molecule has 0 bridgehead atoms. The van der Waals surface area contributed by atoms with Gasteiger partial charge in [0.1, 0.15) is 29.5 Å². The van der Waals surface area contributed by atoms with Crippen LogP contribution in [0.15, 0.2) is 126 Å². The molecule has 14 heteroatoms. The maximum atomic E-state index is 14.9. The molecule has 0 radical (unpaired) electrons. The number of hydrogen-bond acceptors (Lipinski definition) is 9. The fraction of sp³-hybridized carbons (Fsp3) is 0.358. The van der Waals surface area contributed by atoms with Crippen molar-refractivity contribution in [1.82, 2.24) is 35.3 Å². The van der Waals surface area contributed by atoms with E-state index in [2.05, 4.69) is 22.4 Å². The van der Waals surface area contributed by atoms with Gasteiger partial charge < -0.3 is 24.4 Å². The molecule has 0 saturated carbocycles. The Balaban J connectivity index is 1.04. The van der Waals surface area contributed by atoms with Crippen LogP contribution in [-0.2, 0) is 40.4 Å². The van der Waals surface area contributed by atoms with Gasteiger partial charge >= 0.3 is 12.0 Å². The molecule has 4 aromatic carbocycles. The van der Waals surface area contributed by atoms with Crippen LogP contribution in [0.25, 0.3) is 22.2 Å². The molecule has 2 saturated heterocycles. The molecular formula is C53H58FN7O6. The zero-order chi connectivity index (χ0) is 46.5. The third-order valence-corrected chi connectivity index (χ3v) is 12.5. The summed E-state index contributed by atoms with van der Waals surface area (Å²) in [5, 5.41) is 11.3. The van der Waals surface area contributed by atoms with Crippen LogP contribution in [0.4, 0.5) is 9.18 Å². The lowest BCUT2D eigenvalue weighted by Gasteiger charge is -2.55. The predicted molar refractivity (Wildman–Crippen MR) is 252 cm³/mol. The molecule has 0 aliphatic carbocycles. The number of ether oxygens (including phenoxy) is 1. The van der Waals surface area contributed by atoms with Gasteiger partial charge in [-0.15, -0.1) is 0 Å². The monoisotopic (exact) mass is 907 g/mol. The average molecular weight is 908 g/mol. The number of piperazine rings is 1. The third-order valence-electron chi connectivity index (χ3n) is 12.5. The van der Waals surface area contributed by atoms with E-state index in [1.54, 1.807) is 51.3 Å². The molecule has 2 atom stereocenters. The smallest absolute Gasteiger partial charge is 0.334 e. The first-order valence-corrected chi connectivity index (χ1v) is 23.5. The van der Waals surface area contributed by atoms with E-state index < -0.39 is 18.2 Å². The summed E-state index contributed by atoms with van der Waals surface area (Å²) < 4.78 is 25.2. The lowest BCUT2D eigenvalue weighted by molar-refractivity contribution is -0.193. The predicted octanol–water partition coefficient (Wildman–Crippen LogP) is 9.61. The highest BCUT2D eigenvalue weighted by Crippen LogP contribution is 2.32. The molecule has 348 valence electrons. The van der Waals surface area contributed by atoms with Gasteiger partial charge in [0.2, 0.25) is 11.8 Å². The second-order valence-corrected chi connectivity index (χ2v) is 17.4. The third kappa shape index (κ3) is 11.9. The summed E-state index contributed by atoms with van der Waals surface area (Å²) in [4.78, 5) is 64.7. The van der Waals surface area contributed by atoms with Crippen LogP contribution >= 0.6 is 0 Å². The van der Waals surface area contributed by atoms with Gasteiger partial charge in [-0.2, -0.15) is 5.01 Å². The molecule has 6 aromatic rings. The van der Waals surface area contributed by atoms with Crippen molar-refractivity contribution in [2.45, 2.75) is 109 Å². The summed E-state index contributed by atoms with van der Waals surface area (Å²) in [6, 6.07) is 32.3. The van der Waals surface area contributed by atoms with Gasteiger partial charge in [-0.05, 0) is 71.6 Å². The minimum atomic E-state index is -0.985. The fourth-order valence-corrected chi connectivity index (χ4v) is 9.04. The number of amides is 4. The highest BCUT2D eigenvalue weighted by molar-refractivity contribution is 5.92. The highest BCUT2D eigenvalue weighted by atomic mass is 19.1. The number of nitrogens with zero attached hydrogens (tertiary/aromatic N) is 6. The number of unbranched alkanes of at least 4 members (excludes halogenated alkanes) is 8. The standard InChI is InChI=1S/C53H58FN7O6/c1-2-3-4-5-6-7-8-9-13-21-51(63)66-43-28-22-38(23-29-43)31-48-52(64)58(34-41-18-14-20-46-45(41)19-15-30-55-46)36-49-60(48)50(62)37-59(61(49)53(65)56-33-39-16-11-10-12-17-39)35-44-32-47(57-67-44)40-24-26-42(54)27-25-40/h10-12,14-20,22-30,32,48-49H,2-9,13,21,31,33-37H2,1H3,(H,56,65). The number of rotatable bonds is 20. The largest absolute Gasteiger partial charge is 0.427 e. The van der Waals surface area contributed by atoms with Crippen LogP contribution in [-0.4, -0.2) is 79.1 Å². The highest BCUT2D eigenvalue weighted by Gasteiger charge is 2.51. The molecule has 0 spiro atoms. The lowest BCUT2D eigenvalue weighted by atomic mass is 9.97. The minimum Gasteiger partial charge on any atom is -0.427 e. The molecule has 2 fully saturated rings. The summed E-state index contributed by atoms with van der Waals surface area (Å²) in [5.74, 6) is -0.493. The Hall–Kier alpha value is -6.93. The Morgan fingerprint density at radius 2 is 1.55 bits per heavy atom. The Bertz CT molecular complexity index is 2600. The number of esters is 1. The van der Waals surface area contributed by atoms with Crippen molar-refractivity contribution in [3.8, 4) is 17.0 Å². The Morgan fingerprint density at radius 1 is 0.806 bits per heavy atom. The second-order valence-electron chi connectivity index (χ2n) is 17.4. The van der Waals surface area contributed by atoms with Gasteiger partial charge in [0.25, 0.3) is 0 Å². The first-order valence-electron chi connectivity index (χ1n) is 23.5. The van der Waals surface area contributed by atoms with Crippen LogP contribution in [0.3, 0.4) is 0 Å². The van der Waals surface area contributed by atoms with E-state index >= 15 is 0 Å².